The Balaban J connectivity index is 2.82. The van der Waals surface area contributed by atoms with E-state index >= 15 is 0 Å². The van der Waals surface area contributed by atoms with Crippen molar-refractivity contribution < 1.29 is 9.18 Å². The van der Waals surface area contributed by atoms with E-state index in [2.05, 4.69) is 11.9 Å². The van der Waals surface area contributed by atoms with Crippen LogP contribution in [0, 0.1) is 5.82 Å². The molecule has 0 atom stereocenters. The highest BCUT2D eigenvalue weighted by atomic mass is 19.1. The lowest BCUT2D eigenvalue weighted by molar-refractivity contribution is 0.0970. The van der Waals surface area contributed by atoms with Crippen molar-refractivity contribution in [1.82, 2.24) is 5.32 Å². The number of nitrogens with one attached hydrogen (secondary N) is 1. The van der Waals surface area contributed by atoms with Gasteiger partial charge in [0.2, 0.25) is 0 Å². The van der Waals surface area contributed by atoms with Gasteiger partial charge in [-0.2, -0.15) is 0 Å². The third-order valence-electron chi connectivity index (χ3n) is 1.34. The summed E-state index contributed by atoms with van der Waals surface area (Å²) in [4.78, 5) is 11.1. The van der Waals surface area contributed by atoms with Crippen LogP contribution in [0.15, 0.2) is 37.0 Å². The Hall–Kier alpha value is -1.64. The minimum atomic E-state index is -0.356. The fourth-order valence-corrected chi connectivity index (χ4v) is 0.777. The molecule has 1 N–H and O–H groups in total. The normalized spacial score (nSPS) is 9.08. The number of carbonyl (C=O) groups is 1. The van der Waals surface area contributed by atoms with Crippen molar-refractivity contribution in [3.8, 4) is 0 Å². The van der Waals surface area contributed by atoms with E-state index in [0.29, 0.717) is 5.56 Å². The quantitative estimate of drug-likeness (QED) is 0.710. The van der Waals surface area contributed by atoms with Crippen LogP contribution in [0.2, 0.25) is 0 Å². The molecule has 1 rings (SSSR count). The first-order chi connectivity index (χ1) is 5.74. The molecule has 3 heteroatoms. The number of halogens is 1. The van der Waals surface area contributed by atoms with Gasteiger partial charge in [0.15, 0.2) is 0 Å². The summed E-state index contributed by atoms with van der Waals surface area (Å²) in [5, 5.41) is 2.38. The Morgan fingerprint density at radius 3 is 2.50 bits per heavy atom. The molecule has 0 aromatic heterocycles. The zero-order valence-electron chi connectivity index (χ0n) is 6.38. The fourth-order valence-electron chi connectivity index (χ4n) is 0.777. The van der Waals surface area contributed by atoms with Crippen molar-refractivity contribution in [2.75, 3.05) is 0 Å². The molecule has 0 fully saturated rings. The average Bonchev–Trinajstić information content (AvgIpc) is 2.06. The Bertz CT molecular complexity index is 292. The van der Waals surface area contributed by atoms with Crippen LogP contribution in [0.25, 0.3) is 0 Å². The van der Waals surface area contributed by atoms with Crippen molar-refractivity contribution in [1.29, 1.82) is 0 Å². The predicted molar refractivity (Wildman–Crippen MR) is 44.1 cm³/mol. The standard InChI is InChI=1S/C9H8FNO/c1-2-11-9(12)7-3-5-8(10)6-4-7/h2-6H,1H2,(H,11,12). The largest absolute Gasteiger partial charge is 0.329 e. The molecule has 0 aliphatic heterocycles. The van der Waals surface area contributed by atoms with E-state index in [-0.39, 0.29) is 11.7 Å². The molecule has 0 aliphatic rings. The van der Waals surface area contributed by atoms with Gasteiger partial charge in [-0.05, 0) is 30.5 Å². The summed E-state index contributed by atoms with van der Waals surface area (Å²) < 4.78 is 12.4. The molecular formula is C9H8FNO. The van der Waals surface area contributed by atoms with E-state index in [1.807, 2.05) is 0 Å². The molecule has 0 radical (unpaired) electrons. The molecular weight excluding hydrogens is 157 g/mol. The van der Waals surface area contributed by atoms with Crippen molar-refractivity contribution >= 4 is 5.91 Å². The molecule has 1 amide bonds. The molecule has 0 heterocycles. The number of hydrogen-bond donors (Lipinski definition) is 1. The summed E-state index contributed by atoms with van der Waals surface area (Å²) in [5.74, 6) is -0.643. The smallest absolute Gasteiger partial charge is 0.255 e. The van der Waals surface area contributed by atoms with E-state index in [9.17, 15) is 9.18 Å². The number of carbonyl (C=O) groups excluding carboxylic acids is 1. The molecule has 0 aliphatic carbocycles. The van der Waals surface area contributed by atoms with Crippen molar-refractivity contribution in [3.63, 3.8) is 0 Å². The maximum Gasteiger partial charge on any atom is 0.255 e. The van der Waals surface area contributed by atoms with E-state index in [0.717, 1.165) is 0 Å². The molecule has 12 heavy (non-hydrogen) atoms. The Kier molecular flexibility index (Phi) is 2.58. The van der Waals surface area contributed by atoms with Crippen LogP contribution < -0.4 is 5.32 Å². The van der Waals surface area contributed by atoms with Crippen LogP contribution in [0.5, 0.6) is 0 Å². The van der Waals surface area contributed by atoms with E-state index < -0.39 is 0 Å². The van der Waals surface area contributed by atoms with Crippen LogP contribution in [0.4, 0.5) is 4.39 Å². The number of rotatable bonds is 2. The molecule has 62 valence electrons. The lowest BCUT2D eigenvalue weighted by Crippen LogP contribution is -2.16. The number of amides is 1. The Morgan fingerprint density at radius 2 is 2.00 bits per heavy atom. The van der Waals surface area contributed by atoms with Gasteiger partial charge in [-0.1, -0.05) is 6.58 Å². The summed E-state index contributed by atoms with van der Waals surface area (Å²) in [6, 6.07) is 5.29. The van der Waals surface area contributed by atoms with Crippen molar-refractivity contribution in [2.24, 2.45) is 0 Å². The molecule has 2 nitrogen and oxygen atoms in total. The van der Waals surface area contributed by atoms with Gasteiger partial charge in [0, 0.05) is 5.56 Å². The first-order valence-corrected chi connectivity index (χ1v) is 3.41. The second kappa shape index (κ2) is 3.67. The van der Waals surface area contributed by atoms with Crippen LogP contribution in [0.1, 0.15) is 10.4 Å². The van der Waals surface area contributed by atoms with Gasteiger partial charge in [0.05, 0.1) is 0 Å². The van der Waals surface area contributed by atoms with Gasteiger partial charge in [0.25, 0.3) is 5.91 Å². The van der Waals surface area contributed by atoms with Gasteiger partial charge in [-0.15, -0.1) is 0 Å². The van der Waals surface area contributed by atoms with Crippen molar-refractivity contribution in [2.45, 2.75) is 0 Å². The third kappa shape index (κ3) is 1.92. The second-order valence-corrected chi connectivity index (χ2v) is 2.18. The van der Waals surface area contributed by atoms with Gasteiger partial charge < -0.3 is 5.32 Å². The highest BCUT2D eigenvalue weighted by Gasteiger charge is 2.01. The fraction of sp³-hybridized carbons (Fsp3) is 0. The van der Waals surface area contributed by atoms with E-state index in [4.69, 9.17) is 0 Å². The Morgan fingerprint density at radius 1 is 1.42 bits per heavy atom. The van der Waals surface area contributed by atoms with Gasteiger partial charge >= 0.3 is 0 Å². The molecule has 1 aromatic rings. The lowest BCUT2D eigenvalue weighted by Gasteiger charge is -1.98. The van der Waals surface area contributed by atoms with Crippen LogP contribution in [0.3, 0.4) is 0 Å². The van der Waals surface area contributed by atoms with E-state index in [1.54, 1.807) is 0 Å². The van der Waals surface area contributed by atoms with Gasteiger partial charge in [-0.25, -0.2) is 4.39 Å². The summed E-state index contributed by atoms with van der Waals surface area (Å²) in [6.07, 6.45) is 1.28. The predicted octanol–water partition coefficient (Wildman–Crippen LogP) is 1.70. The summed E-state index contributed by atoms with van der Waals surface area (Å²) >= 11 is 0. The maximum absolute atomic E-state index is 12.4. The molecule has 0 unspecified atom stereocenters. The number of hydrogen-bond acceptors (Lipinski definition) is 1. The number of benzene rings is 1. The summed E-state index contributed by atoms with van der Waals surface area (Å²) in [5.41, 5.74) is 0.413. The monoisotopic (exact) mass is 165 g/mol. The molecule has 0 saturated carbocycles. The molecule has 1 aromatic carbocycles. The van der Waals surface area contributed by atoms with Gasteiger partial charge in [-0.3, -0.25) is 4.79 Å². The summed E-state index contributed by atoms with van der Waals surface area (Å²) in [6.45, 7) is 3.34. The Labute approximate surface area is 69.7 Å². The highest BCUT2D eigenvalue weighted by Crippen LogP contribution is 2.01. The SMILES string of the molecule is C=CNC(=O)c1ccc(F)cc1. The minimum Gasteiger partial charge on any atom is -0.329 e. The second-order valence-electron chi connectivity index (χ2n) is 2.18. The van der Waals surface area contributed by atoms with Crippen molar-refractivity contribution in [3.05, 3.63) is 48.4 Å². The van der Waals surface area contributed by atoms with Gasteiger partial charge in [0.1, 0.15) is 5.82 Å². The first kappa shape index (κ1) is 8.46. The average molecular weight is 165 g/mol. The zero-order valence-corrected chi connectivity index (χ0v) is 6.38. The van der Waals surface area contributed by atoms with Crippen LogP contribution in [-0.2, 0) is 0 Å². The maximum atomic E-state index is 12.4. The highest BCUT2D eigenvalue weighted by molar-refractivity contribution is 5.94. The first-order valence-electron chi connectivity index (χ1n) is 3.41. The molecule has 0 saturated heterocycles. The van der Waals surface area contributed by atoms with E-state index in [1.165, 1.54) is 30.5 Å². The molecule has 0 bridgehead atoms. The zero-order chi connectivity index (χ0) is 8.97. The molecule has 0 spiro atoms. The van der Waals surface area contributed by atoms with Crippen LogP contribution >= 0.6 is 0 Å². The topological polar surface area (TPSA) is 29.1 Å². The lowest BCUT2D eigenvalue weighted by atomic mass is 10.2. The van der Waals surface area contributed by atoms with Crippen LogP contribution in [-0.4, -0.2) is 5.91 Å². The third-order valence-corrected chi connectivity index (χ3v) is 1.34. The summed E-state index contributed by atoms with van der Waals surface area (Å²) in [7, 11) is 0. The minimum absolute atomic E-state index is 0.287.